The molecule has 279 valence electrons. The molecule has 9 rings (SSSR count). The molecule has 4 nitrogen and oxygen atoms in total. The van der Waals surface area contributed by atoms with Crippen molar-refractivity contribution in [2.24, 2.45) is 0 Å². The Hall–Kier alpha value is -5.74. The zero-order valence-electron chi connectivity index (χ0n) is 42.8. The molecule has 0 aliphatic rings. The molecule has 0 bridgehead atoms. The second-order valence-electron chi connectivity index (χ2n) is 14.4. The molecule has 0 N–H and O–H groups in total. The molecule has 0 aliphatic heterocycles. The summed E-state index contributed by atoms with van der Waals surface area (Å²) in [6.07, 6.45) is 2.71. The van der Waals surface area contributed by atoms with Gasteiger partial charge in [-0.15, -0.1) is 47.5 Å². The summed E-state index contributed by atoms with van der Waals surface area (Å²) >= 11 is 0. The van der Waals surface area contributed by atoms with Crippen LogP contribution in [-0.2, 0) is 25.5 Å². The Morgan fingerprint density at radius 1 is 0.643 bits per heavy atom. The third kappa shape index (κ3) is 7.84. The Labute approximate surface area is 359 Å². The van der Waals surface area contributed by atoms with Gasteiger partial charge < -0.3 is 14.4 Å². The first-order chi connectivity index (χ1) is 31.4. The van der Waals surface area contributed by atoms with Gasteiger partial charge >= 0.3 is 0 Å². The fourth-order valence-corrected chi connectivity index (χ4v) is 6.57. The molecular formula is C51H43IrN3O-2. The van der Waals surface area contributed by atoms with E-state index in [0.29, 0.717) is 44.6 Å². The van der Waals surface area contributed by atoms with Crippen LogP contribution in [0.15, 0.2) is 138 Å². The quantitative estimate of drug-likeness (QED) is 0.165. The topological polar surface area (TPSA) is 51.8 Å². The Balaban J connectivity index is 0.000000219. The van der Waals surface area contributed by atoms with Crippen LogP contribution in [0.5, 0.6) is 0 Å². The van der Waals surface area contributed by atoms with E-state index >= 15 is 0 Å². The predicted molar refractivity (Wildman–Crippen MR) is 228 cm³/mol. The molecule has 0 spiro atoms. The van der Waals surface area contributed by atoms with E-state index in [1.54, 1.807) is 30.3 Å². The van der Waals surface area contributed by atoms with Gasteiger partial charge in [-0.1, -0.05) is 123 Å². The molecule has 5 aromatic carbocycles. The zero-order valence-corrected chi connectivity index (χ0v) is 33.2. The summed E-state index contributed by atoms with van der Waals surface area (Å²) in [4.78, 5) is 13.0. The second kappa shape index (κ2) is 15.8. The number of pyridine rings is 3. The van der Waals surface area contributed by atoms with Gasteiger partial charge in [0, 0.05) is 60.0 Å². The molecular weight excluding hydrogens is 863 g/mol. The Morgan fingerprint density at radius 3 is 2.21 bits per heavy atom. The fourth-order valence-electron chi connectivity index (χ4n) is 6.57. The normalized spacial score (nSPS) is 15.4. The first-order valence-electron chi connectivity index (χ1n) is 23.7. The van der Waals surface area contributed by atoms with Crippen LogP contribution in [-0.4, -0.2) is 15.0 Å². The Kier molecular flexibility index (Phi) is 7.38. The van der Waals surface area contributed by atoms with Gasteiger partial charge in [-0.2, -0.15) is 0 Å². The average molecular weight is 918 g/mol. The molecule has 0 saturated heterocycles. The predicted octanol–water partition coefficient (Wildman–Crippen LogP) is 13.4. The summed E-state index contributed by atoms with van der Waals surface area (Å²) < 4.78 is 99.3. The molecule has 5 heteroatoms. The van der Waals surface area contributed by atoms with Gasteiger partial charge in [-0.25, -0.2) is 4.98 Å². The van der Waals surface area contributed by atoms with Crippen LogP contribution in [0.2, 0.25) is 0 Å². The van der Waals surface area contributed by atoms with Crippen LogP contribution in [0, 0.1) is 39.5 Å². The van der Waals surface area contributed by atoms with Gasteiger partial charge in [0.25, 0.3) is 0 Å². The molecule has 1 radical (unpaired) electrons. The van der Waals surface area contributed by atoms with Gasteiger partial charge in [-0.3, -0.25) is 0 Å². The van der Waals surface area contributed by atoms with Crippen molar-refractivity contribution < 1.29 is 41.0 Å². The van der Waals surface area contributed by atoms with Crippen molar-refractivity contribution >= 4 is 32.8 Å². The molecule has 0 fully saturated rings. The van der Waals surface area contributed by atoms with Crippen LogP contribution >= 0.6 is 0 Å². The minimum absolute atomic E-state index is 0. The van der Waals surface area contributed by atoms with Gasteiger partial charge in [0.15, 0.2) is 0 Å². The van der Waals surface area contributed by atoms with Crippen molar-refractivity contribution in [1.82, 2.24) is 15.0 Å². The van der Waals surface area contributed by atoms with E-state index in [9.17, 15) is 0 Å². The van der Waals surface area contributed by atoms with Gasteiger partial charge in [0.05, 0.1) is 5.58 Å². The van der Waals surface area contributed by atoms with Crippen molar-refractivity contribution in [2.45, 2.75) is 53.6 Å². The van der Waals surface area contributed by atoms with Crippen LogP contribution < -0.4 is 0 Å². The molecule has 4 aromatic heterocycles. The van der Waals surface area contributed by atoms with Crippen molar-refractivity contribution in [1.29, 1.82) is 0 Å². The number of fused-ring (bicyclic) bond motifs is 4. The van der Waals surface area contributed by atoms with Crippen molar-refractivity contribution in [3.63, 3.8) is 0 Å². The summed E-state index contributed by atoms with van der Waals surface area (Å²) in [6.45, 7) is -2.70. The van der Waals surface area contributed by atoms with Crippen molar-refractivity contribution in [3.8, 4) is 44.8 Å². The number of furan rings is 1. The number of benzene rings is 5. The van der Waals surface area contributed by atoms with Crippen molar-refractivity contribution in [3.05, 3.63) is 174 Å². The minimum atomic E-state index is -2.38. The summed E-state index contributed by atoms with van der Waals surface area (Å²) in [5, 5.41) is 3.50. The van der Waals surface area contributed by atoms with E-state index in [-0.39, 0.29) is 53.6 Å². The van der Waals surface area contributed by atoms with Gasteiger partial charge in [0.1, 0.15) is 0 Å². The average Bonchev–Trinajstić information content (AvgIpc) is 3.66. The third-order valence-corrected chi connectivity index (χ3v) is 9.55. The largest absolute Gasteiger partial charge is 0.486 e. The summed E-state index contributed by atoms with van der Waals surface area (Å²) in [5.41, 5.74) is 7.19. The molecule has 56 heavy (non-hydrogen) atoms. The first-order valence-corrected chi connectivity index (χ1v) is 17.7. The number of nitrogens with zero attached hydrogens (tertiary/aromatic N) is 3. The SMILES string of the molecule is [2H]C([2H])([2H])c1ccc(-c2[c-]cc(C([2H])([2H])[2H])c(-c3ccccc3)c2)nc1.[2H]C([2H])([2H])c1ccc2c(n1)oc1c(-c3cc(-c4ccc5cc(C(C)(C)C)ccc5c4)c(C([2H])([2H])[2H])cn3)[c-]ccc12.[Ir]. The summed E-state index contributed by atoms with van der Waals surface area (Å²) in [5.74, 6) is 0. The van der Waals surface area contributed by atoms with E-state index < -0.39 is 27.4 Å². The Morgan fingerprint density at radius 2 is 1.45 bits per heavy atom. The molecule has 0 saturated carbocycles. The van der Waals surface area contributed by atoms with E-state index in [0.717, 1.165) is 27.3 Å². The monoisotopic (exact) mass is 918 g/mol. The Bertz CT molecular complexity index is 3280. The van der Waals surface area contributed by atoms with Gasteiger partial charge in [-0.05, 0) is 99.7 Å². The van der Waals surface area contributed by atoms with E-state index in [2.05, 4.69) is 66.1 Å². The maximum absolute atomic E-state index is 8.19. The molecule has 0 atom stereocenters. The minimum Gasteiger partial charge on any atom is -0.486 e. The zero-order chi connectivity index (χ0) is 48.3. The van der Waals surface area contributed by atoms with Crippen LogP contribution in [0.4, 0.5) is 0 Å². The molecule has 0 unspecified atom stereocenters. The molecule has 0 aliphatic carbocycles. The number of hydrogen-bond donors (Lipinski definition) is 0. The van der Waals surface area contributed by atoms with E-state index in [4.69, 9.17) is 20.9 Å². The maximum Gasteiger partial charge on any atom is 0.216 e. The van der Waals surface area contributed by atoms with Crippen LogP contribution in [0.1, 0.15) is 65.2 Å². The van der Waals surface area contributed by atoms with Crippen LogP contribution in [0.25, 0.3) is 77.6 Å². The van der Waals surface area contributed by atoms with Gasteiger partial charge in [0.2, 0.25) is 5.71 Å². The molecule has 4 heterocycles. The third-order valence-electron chi connectivity index (χ3n) is 9.55. The number of hydrogen-bond acceptors (Lipinski definition) is 4. The number of aryl methyl sites for hydroxylation is 4. The molecule has 0 amide bonds. The smallest absolute Gasteiger partial charge is 0.216 e. The number of rotatable bonds is 4. The second-order valence-corrected chi connectivity index (χ2v) is 14.4. The summed E-state index contributed by atoms with van der Waals surface area (Å²) in [6, 6.07) is 42.5. The van der Waals surface area contributed by atoms with E-state index in [1.807, 2.05) is 54.6 Å². The molecule has 9 aromatic rings. The van der Waals surface area contributed by atoms with Crippen LogP contribution in [0.3, 0.4) is 0 Å². The number of aromatic nitrogens is 3. The van der Waals surface area contributed by atoms with Crippen molar-refractivity contribution in [2.75, 3.05) is 0 Å². The maximum atomic E-state index is 8.19. The standard InChI is InChI=1S/C32H27N2O.C19H16N.Ir/c1-19-18-33-29(27-8-6-7-25-26-14-9-20(2)34-31(26)35-30(25)27)17-28(19)23-11-10-22-16-24(32(3,4)5)13-12-21(22)15-23;1-14-8-11-19(20-13-14)17-10-9-15(2)18(12-17)16-6-4-3-5-7-16;/h6-7,9-18H,1-5H3;3-9,11-13H,1-2H3;/q2*-1;/i2*1D3,2D3;. The summed E-state index contributed by atoms with van der Waals surface area (Å²) in [7, 11) is 0. The van der Waals surface area contributed by atoms with E-state index in [1.165, 1.54) is 36.2 Å². The first kappa shape index (κ1) is 26.2. The fraction of sp³-hybridized carbons (Fsp3) is 0.157.